The molecule has 3 N–H and O–H groups in total. The number of ether oxygens (including phenoxy) is 2. The van der Waals surface area contributed by atoms with Gasteiger partial charge in [0.25, 0.3) is 11.7 Å². The third kappa shape index (κ3) is 4.69. The molecule has 1 aromatic carbocycles. The molecule has 12 heteroatoms. The lowest BCUT2D eigenvalue weighted by Gasteiger charge is -2.11. The quantitative estimate of drug-likeness (QED) is 0.245. The van der Waals surface area contributed by atoms with Gasteiger partial charge in [0.05, 0.1) is 29.8 Å². The Balaban J connectivity index is 1.56. The van der Waals surface area contributed by atoms with Crippen LogP contribution in [-0.2, 0) is 11.3 Å². The van der Waals surface area contributed by atoms with Crippen LogP contribution >= 0.6 is 11.3 Å². The molecule has 0 spiro atoms. The highest BCUT2D eigenvalue weighted by molar-refractivity contribution is 7.18. The van der Waals surface area contributed by atoms with E-state index in [-0.39, 0.29) is 22.7 Å². The Morgan fingerprint density at radius 1 is 1.25 bits per heavy atom. The third-order valence-corrected chi connectivity index (χ3v) is 6.43. The van der Waals surface area contributed by atoms with Crippen molar-refractivity contribution in [1.82, 2.24) is 14.5 Å². The van der Waals surface area contributed by atoms with Gasteiger partial charge in [-0.3, -0.25) is 9.59 Å². The lowest BCUT2D eigenvalue weighted by molar-refractivity contribution is -0.114. The minimum atomic E-state index is -1.07. The van der Waals surface area contributed by atoms with Gasteiger partial charge in [-0.2, -0.15) is 5.26 Å². The van der Waals surface area contributed by atoms with Crippen LogP contribution in [0.15, 0.2) is 36.7 Å². The summed E-state index contributed by atoms with van der Waals surface area (Å²) in [5.74, 6) is -1.15. The van der Waals surface area contributed by atoms with E-state index in [1.54, 1.807) is 29.7 Å². The predicted molar refractivity (Wildman–Crippen MR) is 132 cm³/mol. The minimum absolute atomic E-state index is 0.105. The number of Topliss-reactive ketones (excluding diaryl/α,β-unsaturated/α-hetero) is 1. The van der Waals surface area contributed by atoms with E-state index >= 15 is 0 Å². The highest BCUT2D eigenvalue weighted by Crippen LogP contribution is 2.36. The number of halogens is 1. The number of primary amides is 1. The van der Waals surface area contributed by atoms with Gasteiger partial charge in [-0.15, -0.1) is 11.3 Å². The number of aromatic nitrogens is 3. The molecule has 184 valence electrons. The first-order valence-electron chi connectivity index (χ1n) is 10.8. The van der Waals surface area contributed by atoms with Crippen molar-refractivity contribution < 1.29 is 23.5 Å². The van der Waals surface area contributed by atoms with Crippen molar-refractivity contribution in [3.8, 4) is 28.1 Å². The normalized spacial score (nSPS) is 10.7. The number of hydrogen-bond donors (Lipinski definition) is 2. The molecule has 3 aromatic heterocycles. The minimum Gasteiger partial charge on any atom is -0.496 e. The zero-order valence-corrected chi connectivity index (χ0v) is 20.2. The van der Waals surface area contributed by atoms with Gasteiger partial charge in [0.15, 0.2) is 0 Å². The molecule has 10 nitrogen and oxygen atoms in total. The van der Waals surface area contributed by atoms with Crippen molar-refractivity contribution in [2.45, 2.75) is 13.5 Å². The Labute approximate surface area is 209 Å². The van der Waals surface area contributed by atoms with E-state index in [0.29, 0.717) is 46.4 Å². The fourth-order valence-electron chi connectivity index (χ4n) is 3.73. The predicted octanol–water partition coefficient (Wildman–Crippen LogP) is 3.36. The van der Waals surface area contributed by atoms with Crippen molar-refractivity contribution in [1.29, 1.82) is 5.26 Å². The molecule has 0 aliphatic heterocycles. The number of carbonyl (C=O) groups excluding carboxylic acids is 2. The van der Waals surface area contributed by atoms with Crippen molar-refractivity contribution in [2.24, 2.45) is 5.73 Å². The molecule has 0 radical (unpaired) electrons. The number of nitrogens with zero attached hydrogens (tertiary/aromatic N) is 4. The van der Waals surface area contributed by atoms with Crippen LogP contribution in [0.5, 0.6) is 11.5 Å². The molecular weight excluding hydrogens is 487 g/mol. The van der Waals surface area contributed by atoms with E-state index in [1.807, 2.05) is 0 Å². The van der Waals surface area contributed by atoms with Crippen molar-refractivity contribution >= 4 is 39.7 Å². The summed E-state index contributed by atoms with van der Waals surface area (Å²) in [6.07, 6.45) is 1.35. The summed E-state index contributed by atoms with van der Waals surface area (Å²) in [7, 11) is 1.49. The molecule has 0 fully saturated rings. The van der Waals surface area contributed by atoms with E-state index in [4.69, 9.17) is 15.2 Å². The van der Waals surface area contributed by atoms with Crippen molar-refractivity contribution in [3.05, 3.63) is 53.0 Å². The molecule has 0 saturated carbocycles. The Bertz CT molecular complexity index is 1510. The van der Waals surface area contributed by atoms with Crippen LogP contribution in [0.1, 0.15) is 22.3 Å². The van der Waals surface area contributed by atoms with Crippen LogP contribution in [0.4, 0.5) is 10.2 Å². The molecule has 0 aliphatic carbocycles. The van der Waals surface area contributed by atoms with Gasteiger partial charge in [-0.25, -0.2) is 14.4 Å². The van der Waals surface area contributed by atoms with Crippen molar-refractivity contribution in [2.75, 3.05) is 25.6 Å². The number of amides is 1. The summed E-state index contributed by atoms with van der Waals surface area (Å²) in [5.41, 5.74) is 6.24. The lowest BCUT2D eigenvalue weighted by Crippen LogP contribution is -2.22. The van der Waals surface area contributed by atoms with Crippen LogP contribution < -0.4 is 20.5 Å². The smallest absolute Gasteiger partial charge is 0.290 e. The second-order valence-electron chi connectivity index (χ2n) is 7.45. The highest BCUT2D eigenvalue weighted by Gasteiger charge is 2.23. The van der Waals surface area contributed by atoms with E-state index in [9.17, 15) is 19.2 Å². The molecule has 36 heavy (non-hydrogen) atoms. The van der Waals surface area contributed by atoms with Crippen LogP contribution in [0.3, 0.4) is 0 Å². The molecule has 4 rings (SSSR count). The standard InChI is InChI=1S/C24H21FN6O4S/c1-3-35-18-10-19(36-23(18)22(32)24(27)33)16-9-20(30-12-29-16)28-6-7-31-13(11-26)8-14-17(34-2)5-4-15(25)21(14)31/h4-5,8-10,12H,3,6-7H2,1-2H3,(H2,27,33)(H,28,29,30). The van der Waals surface area contributed by atoms with Gasteiger partial charge >= 0.3 is 0 Å². The summed E-state index contributed by atoms with van der Waals surface area (Å²) in [4.78, 5) is 32.7. The number of ketones is 1. The maximum Gasteiger partial charge on any atom is 0.290 e. The van der Waals surface area contributed by atoms with Crippen LogP contribution in [0.25, 0.3) is 21.5 Å². The van der Waals surface area contributed by atoms with Gasteiger partial charge in [0.2, 0.25) is 0 Å². The second kappa shape index (κ2) is 10.4. The van der Waals surface area contributed by atoms with Crippen LogP contribution in [-0.4, -0.2) is 46.5 Å². The number of rotatable bonds is 10. The summed E-state index contributed by atoms with van der Waals surface area (Å²) in [6, 6.07) is 9.81. The monoisotopic (exact) mass is 508 g/mol. The summed E-state index contributed by atoms with van der Waals surface area (Å²) in [5, 5.41) is 13.2. The van der Waals surface area contributed by atoms with Gasteiger partial charge in [-0.05, 0) is 25.1 Å². The fraction of sp³-hybridized carbons (Fsp3) is 0.208. The number of anilines is 1. The Morgan fingerprint density at radius 3 is 2.75 bits per heavy atom. The van der Waals surface area contributed by atoms with E-state index in [1.165, 1.54) is 25.6 Å². The van der Waals surface area contributed by atoms with Gasteiger partial charge in [0, 0.05) is 30.6 Å². The number of thiophene rings is 1. The Hall–Kier alpha value is -4.50. The molecule has 0 unspecified atom stereocenters. The average molecular weight is 509 g/mol. The molecule has 0 bridgehead atoms. The Morgan fingerprint density at radius 2 is 2.06 bits per heavy atom. The van der Waals surface area contributed by atoms with Gasteiger partial charge < -0.3 is 25.1 Å². The first-order valence-corrected chi connectivity index (χ1v) is 11.6. The number of fused-ring (bicyclic) bond motifs is 1. The van der Waals surface area contributed by atoms with Crippen LogP contribution in [0, 0.1) is 17.1 Å². The molecule has 4 aromatic rings. The molecular formula is C24H21FN6O4S. The highest BCUT2D eigenvalue weighted by atomic mass is 32.1. The molecule has 0 aliphatic rings. The zero-order valence-electron chi connectivity index (χ0n) is 19.4. The van der Waals surface area contributed by atoms with E-state index in [0.717, 1.165) is 11.3 Å². The first kappa shape index (κ1) is 24.6. The maximum absolute atomic E-state index is 14.6. The van der Waals surface area contributed by atoms with Gasteiger partial charge in [-0.1, -0.05) is 0 Å². The largest absolute Gasteiger partial charge is 0.496 e. The van der Waals surface area contributed by atoms with E-state index in [2.05, 4.69) is 21.4 Å². The van der Waals surface area contributed by atoms with E-state index < -0.39 is 17.5 Å². The maximum atomic E-state index is 14.6. The van der Waals surface area contributed by atoms with Gasteiger partial charge in [0.1, 0.15) is 46.1 Å². The molecule has 0 atom stereocenters. The number of hydrogen-bond acceptors (Lipinski definition) is 9. The molecule has 0 saturated heterocycles. The summed E-state index contributed by atoms with van der Waals surface area (Å²) in [6.45, 7) is 2.67. The number of benzene rings is 1. The number of methoxy groups -OCH3 is 1. The van der Waals surface area contributed by atoms with Crippen LogP contribution in [0.2, 0.25) is 0 Å². The number of carbonyl (C=O) groups is 2. The Kier molecular flexibility index (Phi) is 7.12. The topological polar surface area (TPSA) is 145 Å². The fourth-order valence-corrected chi connectivity index (χ4v) is 4.75. The average Bonchev–Trinajstić information content (AvgIpc) is 3.46. The summed E-state index contributed by atoms with van der Waals surface area (Å²) >= 11 is 1.04. The SMILES string of the molecule is CCOc1cc(-c2cc(NCCn3c(C#N)cc4c(OC)ccc(F)c43)ncn2)sc1C(=O)C(N)=O. The third-order valence-electron chi connectivity index (χ3n) is 5.29. The second-order valence-corrected chi connectivity index (χ2v) is 8.50. The number of nitriles is 1. The molecule has 3 heterocycles. The zero-order chi connectivity index (χ0) is 25.8. The number of nitrogens with two attached hydrogens (primary N) is 1. The van der Waals surface area contributed by atoms with Crippen molar-refractivity contribution in [3.63, 3.8) is 0 Å². The number of nitrogens with one attached hydrogen (secondary N) is 1. The summed E-state index contributed by atoms with van der Waals surface area (Å²) < 4.78 is 27.0. The molecule has 1 amide bonds. The lowest BCUT2D eigenvalue weighted by atomic mass is 10.2. The first-order chi connectivity index (χ1) is 17.4.